The lowest BCUT2D eigenvalue weighted by Crippen LogP contribution is -2.04. The van der Waals surface area contributed by atoms with Crippen molar-refractivity contribution in [3.8, 4) is 5.75 Å². The summed E-state index contributed by atoms with van der Waals surface area (Å²) in [6.07, 6.45) is 0. The van der Waals surface area contributed by atoms with E-state index in [2.05, 4.69) is 4.74 Å². The number of ether oxygens (including phenoxy) is 1. The Morgan fingerprint density at radius 3 is 2.69 bits per heavy atom. The van der Waals surface area contributed by atoms with Crippen LogP contribution < -0.4 is 0 Å². The van der Waals surface area contributed by atoms with Gasteiger partial charge in [-0.15, -0.1) is 0 Å². The van der Waals surface area contributed by atoms with E-state index in [4.69, 9.17) is 0 Å². The summed E-state index contributed by atoms with van der Waals surface area (Å²) in [5, 5.41) is 9.52. The molecule has 0 aliphatic carbocycles. The zero-order valence-electron chi connectivity index (χ0n) is 7.30. The van der Waals surface area contributed by atoms with E-state index in [-0.39, 0.29) is 5.75 Å². The molecule has 0 atom stereocenters. The van der Waals surface area contributed by atoms with E-state index in [0.717, 1.165) is 3.57 Å². The van der Waals surface area contributed by atoms with Crippen LogP contribution in [0.4, 0.5) is 0 Å². The van der Waals surface area contributed by atoms with Crippen LogP contribution in [-0.2, 0) is 4.74 Å². The first kappa shape index (κ1) is 10.3. The van der Waals surface area contributed by atoms with E-state index in [1.807, 2.05) is 22.6 Å². The van der Waals surface area contributed by atoms with Crippen molar-refractivity contribution in [3.05, 3.63) is 26.8 Å². The molecule has 1 rings (SSSR count). The van der Waals surface area contributed by atoms with Crippen LogP contribution in [0.25, 0.3) is 0 Å². The van der Waals surface area contributed by atoms with Gasteiger partial charge in [-0.1, -0.05) is 0 Å². The van der Waals surface area contributed by atoms with Crippen LogP contribution in [0.15, 0.2) is 12.1 Å². The predicted octanol–water partition coefficient (Wildman–Crippen LogP) is 2.09. The molecule has 0 aliphatic heterocycles. The van der Waals surface area contributed by atoms with Crippen LogP contribution in [0.1, 0.15) is 15.9 Å². The number of rotatable bonds is 1. The summed E-state index contributed by atoms with van der Waals surface area (Å²) in [6, 6.07) is 3.32. The fourth-order valence-corrected chi connectivity index (χ4v) is 1.58. The van der Waals surface area contributed by atoms with Crippen molar-refractivity contribution in [1.29, 1.82) is 0 Å². The standard InChI is InChI=1S/C9H9IO3/c1-5-6(9(12)13-2)3-4-7(10)8(5)11/h3-4,11H,1-2H3. The van der Waals surface area contributed by atoms with Gasteiger partial charge in [0, 0.05) is 5.56 Å². The first-order chi connectivity index (χ1) is 6.07. The molecule has 0 saturated carbocycles. The summed E-state index contributed by atoms with van der Waals surface area (Å²) in [5.41, 5.74) is 0.958. The van der Waals surface area contributed by atoms with E-state index >= 15 is 0 Å². The highest BCUT2D eigenvalue weighted by Gasteiger charge is 2.13. The van der Waals surface area contributed by atoms with Gasteiger partial charge in [0.15, 0.2) is 0 Å². The maximum Gasteiger partial charge on any atom is 0.338 e. The number of phenolic OH excluding ortho intramolecular Hbond substituents is 1. The van der Waals surface area contributed by atoms with Crippen molar-refractivity contribution in [3.63, 3.8) is 0 Å². The molecule has 70 valence electrons. The lowest BCUT2D eigenvalue weighted by atomic mass is 10.1. The molecular formula is C9H9IO3. The summed E-state index contributed by atoms with van der Waals surface area (Å²) in [4.78, 5) is 11.2. The Morgan fingerprint density at radius 2 is 2.15 bits per heavy atom. The number of esters is 1. The van der Waals surface area contributed by atoms with Gasteiger partial charge in [0.1, 0.15) is 5.75 Å². The second-order valence-corrected chi connectivity index (χ2v) is 3.72. The predicted molar refractivity (Wildman–Crippen MR) is 56.9 cm³/mol. The lowest BCUT2D eigenvalue weighted by Gasteiger charge is -2.06. The molecule has 3 nitrogen and oxygen atoms in total. The van der Waals surface area contributed by atoms with Gasteiger partial charge in [0.05, 0.1) is 16.2 Å². The van der Waals surface area contributed by atoms with Crippen LogP contribution in [0.3, 0.4) is 0 Å². The van der Waals surface area contributed by atoms with Crippen LogP contribution in [0, 0.1) is 10.5 Å². The van der Waals surface area contributed by atoms with Crippen molar-refractivity contribution < 1.29 is 14.6 Å². The molecule has 4 heteroatoms. The molecule has 0 spiro atoms. The van der Waals surface area contributed by atoms with Gasteiger partial charge >= 0.3 is 5.97 Å². The van der Waals surface area contributed by atoms with Crippen molar-refractivity contribution in [2.24, 2.45) is 0 Å². The summed E-state index contributed by atoms with van der Waals surface area (Å²) in [7, 11) is 1.32. The number of halogens is 1. The number of carbonyl (C=O) groups excluding carboxylic acids is 1. The molecule has 0 fully saturated rings. The number of phenols is 1. The Labute approximate surface area is 89.9 Å². The van der Waals surface area contributed by atoms with Gasteiger partial charge in [-0.3, -0.25) is 0 Å². The first-order valence-corrected chi connectivity index (χ1v) is 4.72. The van der Waals surface area contributed by atoms with E-state index < -0.39 is 5.97 Å². The molecule has 0 bridgehead atoms. The third-order valence-corrected chi connectivity index (χ3v) is 2.66. The van der Waals surface area contributed by atoms with Crippen LogP contribution >= 0.6 is 22.6 Å². The van der Waals surface area contributed by atoms with Crippen molar-refractivity contribution in [2.75, 3.05) is 7.11 Å². The van der Waals surface area contributed by atoms with Crippen LogP contribution in [-0.4, -0.2) is 18.2 Å². The highest BCUT2D eigenvalue weighted by Crippen LogP contribution is 2.26. The zero-order chi connectivity index (χ0) is 10.0. The zero-order valence-corrected chi connectivity index (χ0v) is 9.45. The number of methoxy groups -OCH3 is 1. The Morgan fingerprint density at radius 1 is 1.54 bits per heavy atom. The topological polar surface area (TPSA) is 46.5 Å². The number of carbonyl (C=O) groups is 1. The molecular weight excluding hydrogens is 283 g/mol. The Hall–Kier alpha value is -0.780. The molecule has 13 heavy (non-hydrogen) atoms. The number of benzene rings is 1. The molecule has 0 aliphatic rings. The molecule has 1 aromatic carbocycles. The van der Waals surface area contributed by atoms with Gasteiger partial charge in [0.2, 0.25) is 0 Å². The van der Waals surface area contributed by atoms with E-state index in [0.29, 0.717) is 11.1 Å². The number of aromatic hydroxyl groups is 1. The van der Waals surface area contributed by atoms with Crippen LogP contribution in [0.5, 0.6) is 5.75 Å². The highest BCUT2D eigenvalue weighted by atomic mass is 127. The number of hydrogen-bond donors (Lipinski definition) is 1. The summed E-state index contributed by atoms with van der Waals surface area (Å²) < 4.78 is 5.28. The molecule has 0 amide bonds. The maximum atomic E-state index is 11.2. The Kier molecular flexibility index (Phi) is 3.13. The fourth-order valence-electron chi connectivity index (χ4n) is 0.998. The maximum absolute atomic E-state index is 11.2. The Balaban J connectivity index is 3.26. The molecule has 0 heterocycles. The monoisotopic (exact) mass is 292 g/mol. The number of hydrogen-bond acceptors (Lipinski definition) is 3. The van der Waals surface area contributed by atoms with Gasteiger partial charge in [0.25, 0.3) is 0 Å². The smallest absolute Gasteiger partial charge is 0.338 e. The van der Waals surface area contributed by atoms with E-state index in [1.165, 1.54) is 7.11 Å². The molecule has 0 aromatic heterocycles. The second-order valence-electron chi connectivity index (χ2n) is 2.56. The van der Waals surface area contributed by atoms with Gasteiger partial charge in [-0.2, -0.15) is 0 Å². The normalized spacial score (nSPS) is 9.77. The summed E-state index contributed by atoms with van der Waals surface area (Å²) in [6.45, 7) is 1.68. The van der Waals surface area contributed by atoms with Gasteiger partial charge in [-0.05, 0) is 41.6 Å². The third-order valence-electron chi connectivity index (χ3n) is 1.79. The van der Waals surface area contributed by atoms with E-state index in [1.54, 1.807) is 19.1 Å². The SMILES string of the molecule is COC(=O)c1ccc(I)c(O)c1C. The summed E-state index contributed by atoms with van der Waals surface area (Å²) in [5.74, 6) is -0.285. The molecule has 0 radical (unpaired) electrons. The third kappa shape index (κ3) is 1.93. The minimum atomic E-state index is -0.427. The molecule has 0 unspecified atom stereocenters. The average molecular weight is 292 g/mol. The second kappa shape index (κ2) is 3.95. The lowest BCUT2D eigenvalue weighted by molar-refractivity contribution is 0.0599. The largest absolute Gasteiger partial charge is 0.507 e. The molecule has 1 N–H and O–H groups in total. The quantitative estimate of drug-likeness (QED) is 0.637. The van der Waals surface area contributed by atoms with Gasteiger partial charge in [-0.25, -0.2) is 4.79 Å². The van der Waals surface area contributed by atoms with Crippen molar-refractivity contribution >= 4 is 28.6 Å². The summed E-state index contributed by atoms with van der Waals surface area (Å²) >= 11 is 2.00. The van der Waals surface area contributed by atoms with Gasteiger partial charge < -0.3 is 9.84 Å². The Bertz CT molecular complexity index is 347. The minimum absolute atomic E-state index is 0.142. The van der Waals surface area contributed by atoms with E-state index in [9.17, 15) is 9.90 Å². The van der Waals surface area contributed by atoms with Crippen LogP contribution in [0.2, 0.25) is 0 Å². The fraction of sp³-hybridized carbons (Fsp3) is 0.222. The first-order valence-electron chi connectivity index (χ1n) is 3.64. The van der Waals surface area contributed by atoms with Crippen molar-refractivity contribution in [2.45, 2.75) is 6.92 Å². The minimum Gasteiger partial charge on any atom is -0.507 e. The highest BCUT2D eigenvalue weighted by molar-refractivity contribution is 14.1. The molecule has 0 saturated heterocycles. The van der Waals surface area contributed by atoms with Crippen molar-refractivity contribution in [1.82, 2.24) is 0 Å². The molecule has 1 aromatic rings. The average Bonchev–Trinajstić information content (AvgIpc) is 2.13.